The number of ether oxygens (including phenoxy) is 2. The Kier molecular flexibility index (Phi) is 49.4. The molecule has 8 nitrogen and oxygen atoms in total. The van der Waals surface area contributed by atoms with Crippen LogP contribution in [0.2, 0.25) is 0 Å². The molecule has 0 spiro atoms. The Morgan fingerprint density at radius 2 is 0.701 bits per heavy atom. The molecule has 1 amide bonds. The van der Waals surface area contributed by atoms with Crippen molar-refractivity contribution in [3.05, 3.63) is 0 Å². The number of hydroxylamine groups is 2. The summed E-state index contributed by atoms with van der Waals surface area (Å²) < 4.78 is 11.7. The molecule has 0 aliphatic carbocycles. The van der Waals surface area contributed by atoms with Gasteiger partial charge in [0.1, 0.15) is 0 Å². The lowest BCUT2D eigenvalue weighted by molar-refractivity contribution is -0.203. The van der Waals surface area contributed by atoms with Gasteiger partial charge in [0.2, 0.25) is 5.91 Å². The number of esters is 2. The third-order valence-corrected chi connectivity index (χ3v) is 14.0. The summed E-state index contributed by atoms with van der Waals surface area (Å²) in [6.45, 7) is 13.9. The molecule has 0 heterocycles. The average molecular weight is 950 g/mol. The van der Waals surface area contributed by atoms with Crippen molar-refractivity contribution in [1.82, 2.24) is 9.96 Å². The zero-order valence-corrected chi connectivity index (χ0v) is 46.1. The highest BCUT2D eigenvalue weighted by molar-refractivity contribution is 5.75. The highest BCUT2D eigenvalue weighted by Crippen LogP contribution is 2.24. The van der Waals surface area contributed by atoms with Crippen LogP contribution in [0.4, 0.5) is 0 Å². The Labute approximate surface area is 417 Å². The van der Waals surface area contributed by atoms with Gasteiger partial charge in [0.25, 0.3) is 0 Å². The van der Waals surface area contributed by atoms with Gasteiger partial charge in [-0.25, -0.2) is 5.06 Å². The third kappa shape index (κ3) is 44.0. The summed E-state index contributed by atoms with van der Waals surface area (Å²) >= 11 is 0. The van der Waals surface area contributed by atoms with Gasteiger partial charge in [-0.1, -0.05) is 221 Å². The van der Waals surface area contributed by atoms with E-state index in [9.17, 15) is 14.4 Å². The summed E-state index contributed by atoms with van der Waals surface area (Å²) in [4.78, 5) is 48.1. The Morgan fingerprint density at radius 1 is 0.373 bits per heavy atom. The molecule has 398 valence electrons. The number of unbranched alkanes of at least 4 members (excludes halogenated alkanes) is 25. The molecule has 0 rings (SSSR count). The normalized spacial score (nSPS) is 13.0. The van der Waals surface area contributed by atoms with Crippen LogP contribution < -0.4 is 0 Å². The van der Waals surface area contributed by atoms with Crippen LogP contribution in [0.3, 0.4) is 0 Å². The summed E-state index contributed by atoms with van der Waals surface area (Å²) in [5.74, 6) is 0.995. The molecule has 0 saturated carbocycles. The van der Waals surface area contributed by atoms with E-state index >= 15 is 0 Å². The molecule has 0 bridgehead atoms. The lowest BCUT2D eigenvalue weighted by Crippen LogP contribution is -2.41. The van der Waals surface area contributed by atoms with Crippen LogP contribution in [0.1, 0.15) is 304 Å². The van der Waals surface area contributed by atoms with Crippen LogP contribution in [-0.4, -0.2) is 74.3 Å². The van der Waals surface area contributed by atoms with Gasteiger partial charge >= 0.3 is 11.9 Å². The standard InChI is InChI=1S/C59H116N2O6/c1-8-13-18-22-24-25-27-35-45-56(46-36-28-30-38-48-59(64)66-53-55(43-33-21-16-11-4)44-34-26-23-19-14-9-2)61(67-51-40-50-60(6)7)57(62)47-37-29-31-39-49-58(63)65-52-54(41-17-12-5)42-32-20-15-10-3/h54-56H,8-53H2,1-7H3. The predicted molar refractivity (Wildman–Crippen MR) is 286 cm³/mol. The van der Waals surface area contributed by atoms with E-state index in [0.29, 0.717) is 50.9 Å². The first kappa shape index (κ1) is 65.3. The number of nitrogens with zero attached hydrogens (tertiary/aromatic N) is 2. The van der Waals surface area contributed by atoms with Gasteiger partial charge in [0.05, 0.1) is 25.9 Å². The van der Waals surface area contributed by atoms with Crippen LogP contribution in [0.5, 0.6) is 0 Å². The molecule has 0 aromatic rings. The fourth-order valence-corrected chi connectivity index (χ4v) is 9.44. The molecule has 3 unspecified atom stereocenters. The average Bonchev–Trinajstić information content (AvgIpc) is 3.32. The van der Waals surface area contributed by atoms with E-state index in [0.717, 1.165) is 96.4 Å². The van der Waals surface area contributed by atoms with Gasteiger partial charge in [-0.2, -0.15) is 0 Å². The molecule has 0 radical (unpaired) electrons. The van der Waals surface area contributed by atoms with E-state index in [1.54, 1.807) is 5.06 Å². The molecule has 0 aliphatic rings. The number of hydrogen-bond acceptors (Lipinski definition) is 7. The minimum absolute atomic E-state index is 0.0312. The molecule has 0 fully saturated rings. The number of hydrogen-bond donors (Lipinski definition) is 0. The van der Waals surface area contributed by atoms with E-state index in [-0.39, 0.29) is 23.9 Å². The van der Waals surface area contributed by atoms with Gasteiger partial charge < -0.3 is 14.4 Å². The molecule has 0 aromatic heterocycles. The highest BCUT2D eigenvalue weighted by Gasteiger charge is 2.25. The van der Waals surface area contributed by atoms with Gasteiger partial charge in [-0.15, -0.1) is 0 Å². The summed E-state index contributed by atoms with van der Waals surface area (Å²) in [6.07, 6.45) is 46.8. The zero-order valence-electron chi connectivity index (χ0n) is 46.1. The molecule has 67 heavy (non-hydrogen) atoms. The first-order valence-corrected chi connectivity index (χ1v) is 29.6. The maximum atomic E-state index is 14.0. The third-order valence-electron chi connectivity index (χ3n) is 14.0. The van der Waals surface area contributed by atoms with E-state index in [1.165, 1.54) is 161 Å². The van der Waals surface area contributed by atoms with Crippen LogP contribution in [0, 0.1) is 11.8 Å². The molecule has 0 aliphatic heterocycles. The van der Waals surface area contributed by atoms with Gasteiger partial charge in [0.15, 0.2) is 0 Å². The minimum Gasteiger partial charge on any atom is -0.465 e. The quantitative estimate of drug-likeness (QED) is 0.0341. The molecule has 0 N–H and O–H groups in total. The van der Waals surface area contributed by atoms with E-state index < -0.39 is 0 Å². The SMILES string of the molecule is CCCCCCCCCCC(CCCCCCC(=O)OCC(CCCCCC)CCCCCCCC)N(OCCCN(C)C)C(=O)CCCCCCC(=O)OCC(CCCC)CCCCCC. The van der Waals surface area contributed by atoms with Crippen molar-refractivity contribution in [3.8, 4) is 0 Å². The first-order valence-electron chi connectivity index (χ1n) is 29.6. The van der Waals surface area contributed by atoms with Gasteiger partial charge in [-0.3, -0.25) is 19.2 Å². The topological polar surface area (TPSA) is 85.4 Å². The van der Waals surface area contributed by atoms with Crippen molar-refractivity contribution in [3.63, 3.8) is 0 Å². The van der Waals surface area contributed by atoms with Crippen molar-refractivity contribution in [2.75, 3.05) is 40.5 Å². The predicted octanol–water partition coefficient (Wildman–Crippen LogP) is 17.5. The summed E-state index contributed by atoms with van der Waals surface area (Å²) in [7, 11) is 4.16. The highest BCUT2D eigenvalue weighted by atomic mass is 16.7. The number of carbonyl (C=O) groups excluding carboxylic acids is 3. The monoisotopic (exact) mass is 949 g/mol. The lowest BCUT2D eigenvalue weighted by atomic mass is 9.95. The Morgan fingerprint density at radius 3 is 1.10 bits per heavy atom. The Bertz CT molecular complexity index is 1070. The number of rotatable bonds is 53. The largest absolute Gasteiger partial charge is 0.465 e. The van der Waals surface area contributed by atoms with Gasteiger partial charge in [0, 0.05) is 19.3 Å². The summed E-state index contributed by atoms with van der Waals surface area (Å²) in [5.41, 5.74) is 0. The van der Waals surface area contributed by atoms with Gasteiger partial charge in [-0.05, 0) is 96.7 Å². The van der Waals surface area contributed by atoms with E-state index in [2.05, 4.69) is 53.6 Å². The van der Waals surface area contributed by atoms with Crippen molar-refractivity contribution in [2.24, 2.45) is 11.8 Å². The van der Waals surface area contributed by atoms with Crippen LogP contribution in [0.25, 0.3) is 0 Å². The summed E-state index contributed by atoms with van der Waals surface area (Å²) in [6, 6.07) is 0.0698. The summed E-state index contributed by atoms with van der Waals surface area (Å²) in [5, 5.41) is 1.80. The van der Waals surface area contributed by atoms with Crippen LogP contribution in [-0.2, 0) is 28.7 Å². The zero-order chi connectivity index (χ0) is 49.3. The second-order valence-corrected chi connectivity index (χ2v) is 21.0. The molecular weight excluding hydrogens is 833 g/mol. The van der Waals surface area contributed by atoms with Crippen molar-refractivity contribution >= 4 is 17.8 Å². The maximum absolute atomic E-state index is 14.0. The lowest BCUT2D eigenvalue weighted by Gasteiger charge is -2.31. The van der Waals surface area contributed by atoms with Crippen LogP contribution in [0.15, 0.2) is 0 Å². The number of amides is 1. The van der Waals surface area contributed by atoms with Crippen molar-refractivity contribution in [1.29, 1.82) is 0 Å². The smallest absolute Gasteiger partial charge is 0.305 e. The van der Waals surface area contributed by atoms with Crippen molar-refractivity contribution in [2.45, 2.75) is 310 Å². The van der Waals surface area contributed by atoms with E-state index in [1.807, 2.05) is 0 Å². The first-order chi connectivity index (χ1) is 32.7. The van der Waals surface area contributed by atoms with Crippen molar-refractivity contribution < 1.29 is 28.7 Å². The second-order valence-electron chi connectivity index (χ2n) is 21.0. The fraction of sp³-hybridized carbons (Fsp3) is 0.949. The fourth-order valence-electron chi connectivity index (χ4n) is 9.44. The Balaban J connectivity index is 5.20. The molecule has 8 heteroatoms. The maximum Gasteiger partial charge on any atom is 0.305 e. The number of carbonyl (C=O) groups is 3. The molecule has 0 aromatic carbocycles. The molecule has 3 atom stereocenters. The Hall–Kier alpha value is -1.67. The van der Waals surface area contributed by atoms with Crippen LogP contribution >= 0.6 is 0 Å². The van der Waals surface area contributed by atoms with E-state index in [4.69, 9.17) is 14.3 Å². The molecule has 0 saturated heterocycles. The second kappa shape index (κ2) is 50.7. The molecular formula is C59H116N2O6. The minimum atomic E-state index is -0.0668.